The Bertz CT molecular complexity index is 1460. The van der Waals surface area contributed by atoms with E-state index in [1.54, 1.807) is 12.1 Å². The number of carboxylic acid groups (broad SMARTS) is 1. The highest BCUT2D eigenvalue weighted by molar-refractivity contribution is 6.12. The third kappa shape index (κ3) is 7.31. The van der Waals surface area contributed by atoms with Crippen LogP contribution in [0.5, 0.6) is 0 Å². The van der Waals surface area contributed by atoms with Gasteiger partial charge in [-0.1, -0.05) is 76.2 Å². The van der Waals surface area contributed by atoms with Crippen LogP contribution in [0.3, 0.4) is 0 Å². The molecule has 0 unspecified atom stereocenters. The summed E-state index contributed by atoms with van der Waals surface area (Å²) in [6.07, 6.45) is 1.75. The van der Waals surface area contributed by atoms with Crippen LogP contribution in [0.25, 0.3) is 22.4 Å². The number of halogens is 1. The Morgan fingerprint density at radius 1 is 0.829 bits per heavy atom. The standard InChI is InChI=1S/C35H39FN2O3/c1-23(2)33-32(35(41)37-29-13-9-6-10-14-29)31(26-11-7-5-8-12-26)34(27-15-17-28(36)18-16-27)38(33)20-19-24(3)21-25(4)22-30(39)40/h5-18,23-25H,19-22H2,1-4H3,(H,37,41)(H,39,40)/t24-,25-/m1/s1. The predicted molar refractivity (Wildman–Crippen MR) is 164 cm³/mol. The number of aromatic nitrogens is 1. The van der Waals surface area contributed by atoms with Crippen LogP contribution in [0.15, 0.2) is 84.9 Å². The van der Waals surface area contributed by atoms with Gasteiger partial charge in [0.1, 0.15) is 5.82 Å². The van der Waals surface area contributed by atoms with Crippen molar-refractivity contribution in [2.75, 3.05) is 5.32 Å². The molecule has 0 aliphatic rings. The van der Waals surface area contributed by atoms with Gasteiger partial charge in [-0.3, -0.25) is 9.59 Å². The summed E-state index contributed by atoms with van der Waals surface area (Å²) in [6.45, 7) is 8.94. The van der Waals surface area contributed by atoms with Gasteiger partial charge in [0.2, 0.25) is 0 Å². The number of carbonyl (C=O) groups excluding carboxylic acids is 1. The molecule has 0 aliphatic carbocycles. The van der Waals surface area contributed by atoms with Gasteiger partial charge in [-0.05, 0) is 78.1 Å². The number of nitrogens with one attached hydrogen (secondary N) is 1. The maximum atomic E-state index is 14.1. The van der Waals surface area contributed by atoms with Gasteiger partial charge < -0.3 is 15.0 Å². The Kier molecular flexibility index (Phi) is 9.77. The van der Waals surface area contributed by atoms with Crippen LogP contribution in [-0.4, -0.2) is 21.6 Å². The summed E-state index contributed by atoms with van der Waals surface area (Å²) >= 11 is 0. The van der Waals surface area contributed by atoms with E-state index in [9.17, 15) is 19.1 Å². The molecule has 5 nitrogen and oxygen atoms in total. The van der Waals surface area contributed by atoms with Crippen LogP contribution >= 0.6 is 0 Å². The highest BCUT2D eigenvalue weighted by Gasteiger charge is 2.30. The second-order valence-corrected chi connectivity index (χ2v) is 11.3. The first kappa shape index (κ1) is 29.8. The summed E-state index contributed by atoms with van der Waals surface area (Å²) in [5, 5.41) is 12.3. The highest BCUT2D eigenvalue weighted by Crippen LogP contribution is 2.43. The number of carbonyl (C=O) groups is 2. The maximum Gasteiger partial charge on any atom is 0.303 e. The summed E-state index contributed by atoms with van der Waals surface area (Å²) in [5.41, 5.74) is 5.68. The summed E-state index contributed by atoms with van der Waals surface area (Å²) in [4.78, 5) is 25.3. The number of hydrogen-bond acceptors (Lipinski definition) is 2. The number of aliphatic carboxylic acids is 1. The van der Waals surface area contributed by atoms with Crippen LogP contribution in [0.4, 0.5) is 10.1 Å². The minimum Gasteiger partial charge on any atom is -0.481 e. The largest absolute Gasteiger partial charge is 0.481 e. The maximum absolute atomic E-state index is 14.1. The number of rotatable bonds is 12. The first-order chi connectivity index (χ1) is 19.7. The fraction of sp³-hybridized carbons (Fsp3) is 0.314. The van der Waals surface area contributed by atoms with E-state index in [2.05, 4.69) is 30.7 Å². The third-order valence-corrected chi connectivity index (χ3v) is 7.46. The minimum absolute atomic E-state index is 0.0180. The van der Waals surface area contributed by atoms with Gasteiger partial charge >= 0.3 is 5.97 Å². The zero-order valence-corrected chi connectivity index (χ0v) is 24.2. The molecule has 0 saturated heterocycles. The molecule has 3 aromatic carbocycles. The van der Waals surface area contributed by atoms with Crippen molar-refractivity contribution < 1.29 is 19.1 Å². The van der Waals surface area contributed by atoms with Gasteiger partial charge in [-0.2, -0.15) is 0 Å². The molecule has 4 rings (SSSR count). The zero-order chi connectivity index (χ0) is 29.5. The lowest BCUT2D eigenvalue weighted by atomic mass is 9.92. The van der Waals surface area contributed by atoms with Crippen molar-refractivity contribution in [3.8, 4) is 22.4 Å². The van der Waals surface area contributed by atoms with Crippen LogP contribution < -0.4 is 5.32 Å². The lowest BCUT2D eigenvalue weighted by Crippen LogP contribution is -2.17. The SMILES string of the molecule is CC(C)c1c(C(=O)Nc2ccccc2)c(-c2ccccc2)c(-c2ccc(F)cc2)n1CC[C@@H](C)C[C@@H](C)CC(=O)O. The first-order valence-corrected chi connectivity index (χ1v) is 14.3. The van der Waals surface area contributed by atoms with E-state index < -0.39 is 5.97 Å². The molecule has 0 bridgehead atoms. The smallest absolute Gasteiger partial charge is 0.303 e. The molecule has 1 amide bonds. The second-order valence-electron chi connectivity index (χ2n) is 11.3. The Balaban J connectivity index is 1.89. The van der Waals surface area contributed by atoms with Gasteiger partial charge in [-0.15, -0.1) is 0 Å². The van der Waals surface area contributed by atoms with Gasteiger partial charge in [0, 0.05) is 29.9 Å². The van der Waals surface area contributed by atoms with Crippen molar-refractivity contribution in [3.05, 3.63) is 102 Å². The van der Waals surface area contributed by atoms with E-state index in [0.29, 0.717) is 17.8 Å². The third-order valence-electron chi connectivity index (χ3n) is 7.46. The van der Waals surface area contributed by atoms with Crippen molar-refractivity contribution in [3.63, 3.8) is 0 Å². The van der Waals surface area contributed by atoms with Crippen LogP contribution in [0.2, 0.25) is 0 Å². The van der Waals surface area contributed by atoms with Crippen molar-refractivity contribution in [1.82, 2.24) is 4.57 Å². The van der Waals surface area contributed by atoms with E-state index in [4.69, 9.17) is 0 Å². The molecule has 2 N–H and O–H groups in total. The fourth-order valence-corrected chi connectivity index (χ4v) is 5.74. The molecular formula is C35H39FN2O3. The fourth-order valence-electron chi connectivity index (χ4n) is 5.74. The summed E-state index contributed by atoms with van der Waals surface area (Å²) in [7, 11) is 0. The lowest BCUT2D eigenvalue weighted by molar-refractivity contribution is -0.138. The topological polar surface area (TPSA) is 71.3 Å². The van der Waals surface area contributed by atoms with Crippen LogP contribution in [0.1, 0.15) is 68.9 Å². The Hall–Kier alpha value is -4.19. The highest BCUT2D eigenvalue weighted by atomic mass is 19.1. The number of amides is 1. The van der Waals surface area contributed by atoms with E-state index >= 15 is 0 Å². The average Bonchev–Trinajstić information content (AvgIpc) is 3.28. The number of nitrogens with zero attached hydrogens (tertiary/aromatic N) is 1. The van der Waals surface area contributed by atoms with Crippen LogP contribution in [-0.2, 0) is 11.3 Å². The minimum atomic E-state index is -0.780. The molecule has 1 aromatic heterocycles. The molecule has 2 atom stereocenters. The molecule has 0 radical (unpaired) electrons. The van der Waals surface area contributed by atoms with E-state index in [-0.39, 0.29) is 35.9 Å². The molecule has 0 spiro atoms. The Labute approximate surface area is 242 Å². The Morgan fingerprint density at radius 3 is 2.02 bits per heavy atom. The molecule has 214 valence electrons. The molecule has 0 saturated carbocycles. The lowest BCUT2D eigenvalue weighted by Gasteiger charge is -2.21. The number of hydrogen-bond donors (Lipinski definition) is 2. The van der Waals surface area contributed by atoms with Crippen molar-refractivity contribution in [2.45, 2.75) is 59.4 Å². The quantitative estimate of drug-likeness (QED) is 0.184. The molecular weight excluding hydrogens is 515 g/mol. The number of carboxylic acids is 1. The molecule has 0 fully saturated rings. The van der Waals surface area contributed by atoms with Crippen molar-refractivity contribution in [2.24, 2.45) is 11.8 Å². The molecule has 41 heavy (non-hydrogen) atoms. The van der Waals surface area contributed by atoms with E-state index in [0.717, 1.165) is 40.9 Å². The summed E-state index contributed by atoms with van der Waals surface area (Å²) in [6, 6.07) is 25.8. The monoisotopic (exact) mass is 554 g/mol. The molecule has 0 aliphatic heterocycles. The number of benzene rings is 3. The molecule has 1 heterocycles. The Morgan fingerprint density at radius 2 is 1.44 bits per heavy atom. The van der Waals surface area contributed by atoms with E-state index in [1.807, 2.05) is 67.6 Å². The first-order valence-electron chi connectivity index (χ1n) is 14.3. The van der Waals surface area contributed by atoms with Crippen molar-refractivity contribution in [1.29, 1.82) is 0 Å². The molecule has 6 heteroatoms. The summed E-state index contributed by atoms with van der Waals surface area (Å²) in [5.74, 6) is -0.930. The molecule has 4 aromatic rings. The van der Waals surface area contributed by atoms with Gasteiger partial charge in [-0.25, -0.2) is 4.39 Å². The second kappa shape index (κ2) is 13.4. The van der Waals surface area contributed by atoms with Crippen molar-refractivity contribution >= 4 is 17.6 Å². The van der Waals surface area contributed by atoms with Crippen LogP contribution in [0, 0.1) is 17.7 Å². The number of anilines is 1. The average molecular weight is 555 g/mol. The van der Waals surface area contributed by atoms with Gasteiger partial charge in [0.15, 0.2) is 0 Å². The zero-order valence-electron chi connectivity index (χ0n) is 24.2. The number of para-hydroxylation sites is 1. The van der Waals surface area contributed by atoms with Gasteiger partial charge in [0.25, 0.3) is 5.91 Å². The predicted octanol–water partition coefficient (Wildman–Crippen LogP) is 8.86. The van der Waals surface area contributed by atoms with Gasteiger partial charge in [0.05, 0.1) is 11.3 Å². The normalized spacial score (nSPS) is 12.7. The summed E-state index contributed by atoms with van der Waals surface area (Å²) < 4.78 is 16.3. The van der Waals surface area contributed by atoms with E-state index in [1.165, 1.54) is 12.1 Å².